The first-order valence-corrected chi connectivity index (χ1v) is 7.45. The Morgan fingerprint density at radius 3 is 2.71 bits per heavy atom. The van der Waals surface area contributed by atoms with E-state index >= 15 is 0 Å². The minimum atomic E-state index is -0.787. The highest BCUT2D eigenvalue weighted by Crippen LogP contribution is 2.30. The van der Waals surface area contributed by atoms with Crippen LogP contribution in [-0.2, 0) is 9.47 Å². The summed E-state index contributed by atoms with van der Waals surface area (Å²) in [6.07, 6.45) is 4.39. The van der Waals surface area contributed by atoms with Crippen molar-refractivity contribution in [3.63, 3.8) is 0 Å². The number of carbonyl (C=O) groups excluding carboxylic acids is 1. The number of carbonyl (C=O) groups is 1. The molecule has 0 atom stereocenters. The van der Waals surface area contributed by atoms with E-state index in [-0.39, 0.29) is 11.9 Å². The van der Waals surface area contributed by atoms with Gasteiger partial charge in [0.1, 0.15) is 11.4 Å². The first-order chi connectivity index (χ1) is 10.1. The van der Waals surface area contributed by atoms with Crippen molar-refractivity contribution in [1.29, 1.82) is 0 Å². The van der Waals surface area contributed by atoms with Gasteiger partial charge in [0.15, 0.2) is 5.78 Å². The van der Waals surface area contributed by atoms with E-state index in [4.69, 9.17) is 14.2 Å². The van der Waals surface area contributed by atoms with Crippen LogP contribution >= 0.6 is 0 Å². The highest BCUT2D eigenvalue weighted by Gasteiger charge is 2.41. The summed E-state index contributed by atoms with van der Waals surface area (Å²) in [5.74, 6) is 0.573. The van der Waals surface area contributed by atoms with Crippen LogP contribution in [0.4, 0.5) is 0 Å². The molecule has 1 fully saturated rings. The van der Waals surface area contributed by atoms with E-state index in [0.717, 1.165) is 0 Å². The van der Waals surface area contributed by atoms with Gasteiger partial charge in [-0.25, -0.2) is 0 Å². The average Bonchev–Trinajstić information content (AvgIpc) is 2.47. The van der Waals surface area contributed by atoms with Crippen molar-refractivity contribution in [1.82, 2.24) is 4.98 Å². The number of rotatable bonds is 6. The number of ketones is 1. The molecule has 116 valence electrons. The number of ether oxygens (including phenoxy) is 3. The SMILES string of the molecule is CCOC1(C(=O)c2cncc(OC(C)C)c2)CCOCC1. The number of nitrogens with zero attached hydrogens (tertiary/aromatic N) is 1. The second kappa shape index (κ2) is 7.00. The summed E-state index contributed by atoms with van der Waals surface area (Å²) in [4.78, 5) is 17.0. The summed E-state index contributed by atoms with van der Waals surface area (Å²) in [6, 6.07) is 1.74. The Bertz CT molecular complexity index is 475. The summed E-state index contributed by atoms with van der Waals surface area (Å²) < 4.78 is 16.8. The summed E-state index contributed by atoms with van der Waals surface area (Å²) >= 11 is 0. The average molecular weight is 293 g/mol. The lowest BCUT2D eigenvalue weighted by molar-refractivity contribution is -0.0822. The summed E-state index contributed by atoms with van der Waals surface area (Å²) in [6.45, 7) is 7.37. The fourth-order valence-electron chi connectivity index (χ4n) is 2.56. The smallest absolute Gasteiger partial charge is 0.196 e. The van der Waals surface area contributed by atoms with Gasteiger partial charge in [-0.1, -0.05) is 0 Å². The van der Waals surface area contributed by atoms with Crippen LogP contribution in [0.2, 0.25) is 0 Å². The predicted molar refractivity (Wildman–Crippen MR) is 78.7 cm³/mol. The Morgan fingerprint density at radius 1 is 1.38 bits per heavy atom. The van der Waals surface area contributed by atoms with Gasteiger partial charge in [0.25, 0.3) is 0 Å². The summed E-state index contributed by atoms with van der Waals surface area (Å²) in [5.41, 5.74) is -0.256. The van der Waals surface area contributed by atoms with Crippen LogP contribution in [0, 0.1) is 0 Å². The molecule has 0 unspecified atom stereocenters. The normalized spacial score (nSPS) is 17.7. The third-order valence-corrected chi connectivity index (χ3v) is 3.48. The van der Waals surface area contributed by atoms with Crippen molar-refractivity contribution in [2.45, 2.75) is 45.3 Å². The molecule has 0 aliphatic carbocycles. The molecule has 1 saturated heterocycles. The lowest BCUT2D eigenvalue weighted by Gasteiger charge is -2.35. The van der Waals surface area contributed by atoms with Gasteiger partial charge >= 0.3 is 0 Å². The fraction of sp³-hybridized carbons (Fsp3) is 0.625. The molecule has 0 amide bonds. The van der Waals surface area contributed by atoms with Crippen molar-refractivity contribution >= 4 is 5.78 Å². The van der Waals surface area contributed by atoms with Crippen LogP contribution < -0.4 is 4.74 Å². The van der Waals surface area contributed by atoms with Gasteiger partial charge < -0.3 is 14.2 Å². The maximum Gasteiger partial charge on any atom is 0.196 e. The van der Waals surface area contributed by atoms with Crippen LogP contribution in [0.3, 0.4) is 0 Å². The third kappa shape index (κ3) is 3.80. The van der Waals surface area contributed by atoms with Crippen LogP contribution in [-0.4, -0.2) is 42.3 Å². The van der Waals surface area contributed by atoms with Crippen LogP contribution in [0.25, 0.3) is 0 Å². The molecule has 1 aliphatic rings. The molecule has 5 nitrogen and oxygen atoms in total. The van der Waals surface area contributed by atoms with Gasteiger partial charge in [-0.2, -0.15) is 0 Å². The van der Waals surface area contributed by atoms with E-state index in [1.54, 1.807) is 18.5 Å². The molecule has 0 saturated carbocycles. The van der Waals surface area contributed by atoms with Gasteiger partial charge in [-0.3, -0.25) is 9.78 Å². The highest BCUT2D eigenvalue weighted by molar-refractivity contribution is 6.02. The molecule has 0 bridgehead atoms. The summed E-state index contributed by atoms with van der Waals surface area (Å²) in [5, 5.41) is 0. The van der Waals surface area contributed by atoms with Crippen molar-refractivity contribution in [3.05, 3.63) is 24.0 Å². The van der Waals surface area contributed by atoms with Gasteiger partial charge in [0, 0.05) is 44.4 Å². The maximum absolute atomic E-state index is 12.9. The molecule has 1 aromatic heterocycles. The molecule has 2 rings (SSSR count). The molecule has 5 heteroatoms. The third-order valence-electron chi connectivity index (χ3n) is 3.48. The van der Waals surface area contributed by atoms with E-state index < -0.39 is 5.60 Å². The van der Waals surface area contributed by atoms with Crippen molar-refractivity contribution in [3.8, 4) is 5.75 Å². The number of pyridine rings is 1. The molecule has 1 aliphatic heterocycles. The monoisotopic (exact) mass is 293 g/mol. The van der Waals surface area contributed by atoms with Crippen LogP contribution in [0.5, 0.6) is 5.75 Å². The van der Waals surface area contributed by atoms with Gasteiger partial charge in [-0.15, -0.1) is 0 Å². The zero-order chi connectivity index (χ0) is 15.3. The standard InChI is InChI=1S/C16H23NO4/c1-4-20-16(5-7-19-8-6-16)15(18)13-9-14(11-17-10-13)21-12(2)3/h9-12H,4-8H2,1-3H3. The molecule has 0 aromatic carbocycles. The Labute approximate surface area is 125 Å². The molecule has 2 heterocycles. The molecule has 0 radical (unpaired) electrons. The first kappa shape index (κ1) is 15.9. The Morgan fingerprint density at radius 2 is 2.10 bits per heavy atom. The number of hydrogen-bond acceptors (Lipinski definition) is 5. The Balaban J connectivity index is 2.24. The zero-order valence-corrected chi connectivity index (χ0v) is 12.9. The van der Waals surface area contributed by atoms with Crippen molar-refractivity contribution in [2.24, 2.45) is 0 Å². The second-order valence-corrected chi connectivity index (χ2v) is 5.44. The molecule has 21 heavy (non-hydrogen) atoms. The van der Waals surface area contributed by atoms with Crippen molar-refractivity contribution in [2.75, 3.05) is 19.8 Å². The largest absolute Gasteiger partial charge is 0.489 e. The van der Waals surface area contributed by atoms with E-state index in [0.29, 0.717) is 44.0 Å². The summed E-state index contributed by atoms with van der Waals surface area (Å²) in [7, 11) is 0. The Kier molecular flexibility index (Phi) is 5.31. The molecule has 1 aromatic rings. The zero-order valence-electron chi connectivity index (χ0n) is 12.9. The van der Waals surface area contributed by atoms with E-state index in [2.05, 4.69) is 4.98 Å². The number of hydrogen-bond donors (Lipinski definition) is 0. The fourth-order valence-corrected chi connectivity index (χ4v) is 2.56. The maximum atomic E-state index is 12.9. The molecular weight excluding hydrogens is 270 g/mol. The Hall–Kier alpha value is -1.46. The van der Waals surface area contributed by atoms with Crippen LogP contribution in [0.1, 0.15) is 44.0 Å². The minimum absolute atomic E-state index is 0.0330. The predicted octanol–water partition coefficient (Wildman–Crippen LogP) is 2.64. The minimum Gasteiger partial charge on any atom is -0.489 e. The second-order valence-electron chi connectivity index (χ2n) is 5.44. The molecular formula is C16H23NO4. The highest BCUT2D eigenvalue weighted by atomic mass is 16.5. The van der Waals surface area contributed by atoms with Crippen molar-refractivity contribution < 1.29 is 19.0 Å². The number of Topliss-reactive ketones (excluding diaryl/α,β-unsaturated/α-hetero) is 1. The number of aromatic nitrogens is 1. The van der Waals surface area contributed by atoms with Gasteiger partial charge in [0.05, 0.1) is 12.3 Å². The molecule has 0 spiro atoms. The topological polar surface area (TPSA) is 57.7 Å². The van der Waals surface area contributed by atoms with Gasteiger partial charge in [0.2, 0.25) is 0 Å². The lowest BCUT2D eigenvalue weighted by atomic mass is 9.86. The van der Waals surface area contributed by atoms with Crippen LogP contribution in [0.15, 0.2) is 18.5 Å². The van der Waals surface area contributed by atoms with Gasteiger partial charge in [-0.05, 0) is 26.8 Å². The van der Waals surface area contributed by atoms with E-state index in [1.807, 2.05) is 20.8 Å². The quantitative estimate of drug-likeness (QED) is 0.755. The first-order valence-electron chi connectivity index (χ1n) is 7.45. The lowest BCUT2D eigenvalue weighted by Crippen LogP contribution is -2.46. The molecule has 0 N–H and O–H groups in total. The van der Waals surface area contributed by atoms with E-state index in [1.165, 1.54) is 0 Å². The van der Waals surface area contributed by atoms with E-state index in [9.17, 15) is 4.79 Å².